The van der Waals surface area contributed by atoms with E-state index in [1.54, 1.807) is 30.4 Å². The van der Waals surface area contributed by atoms with Gasteiger partial charge in [-0.3, -0.25) is 9.78 Å². The van der Waals surface area contributed by atoms with Crippen molar-refractivity contribution in [3.05, 3.63) is 82.7 Å². The highest BCUT2D eigenvalue weighted by Crippen LogP contribution is 2.23. The Morgan fingerprint density at radius 2 is 1.93 bits per heavy atom. The van der Waals surface area contributed by atoms with Gasteiger partial charge in [-0.05, 0) is 25.1 Å². The molecule has 0 bridgehead atoms. The molecule has 2 heterocycles. The van der Waals surface area contributed by atoms with Crippen molar-refractivity contribution in [3.8, 4) is 10.6 Å². The minimum absolute atomic E-state index is 0.222. The van der Waals surface area contributed by atoms with Crippen LogP contribution in [0.1, 0.15) is 21.7 Å². The quantitative estimate of drug-likeness (QED) is 0.559. The van der Waals surface area contributed by atoms with Gasteiger partial charge in [-0.2, -0.15) is 0 Å². The van der Waals surface area contributed by atoms with Crippen LogP contribution in [0.25, 0.3) is 21.5 Å². The predicted molar refractivity (Wildman–Crippen MR) is 105 cm³/mol. The number of pyridine rings is 1. The van der Waals surface area contributed by atoms with Gasteiger partial charge < -0.3 is 5.32 Å². The van der Waals surface area contributed by atoms with Gasteiger partial charge in [-0.25, -0.2) is 9.37 Å². The monoisotopic (exact) mass is 377 g/mol. The normalized spacial score (nSPS) is 10.9. The standard InChI is InChI=1S/C21H16FN3OS/c1-13-18(9-15-7-8-16(22)10-19(15)24-13)20(26)23-11-17-12-27-21(25-17)14-5-3-2-4-6-14/h2-10,12H,11H2,1H3,(H,23,26). The first-order chi connectivity index (χ1) is 13.1. The Bertz CT molecular complexity index is 1120. The summed E-state index contributed by atoms with van der Waals surface area (Å²) in [4.78, 5) is 21.5. The summed E-state index contributed by atoms with van der Waals surface area (Å²) < 4.78 is 13.3. The lowest BCUT2D eigenvalue weighted by atomic mass is 10.1. The molecule has 2 aromatic carbocycles. The number of benzene rings is 2. The Kier molecular flexibility index (Phi) is 4.64. The highest BCUT2D eigenvalue weighted by molar-refractivity contribution is 7.13. The molecule has 4 aromatic rings. The molecule has 0 aliphatic rings. The maximum absolute atomic E-state index is 13.3. The Labute approximate surface area is 159 Å². The number of rotatable bonds is 4. The molecule has 0 radical (unpaired) electrons. The molecule has 0 atom stereocenters. The van der Waals surface area contributed by atoms with E-state index in [1.165, 1.54) is 12.1 Å². The number of hydrogen-bond acceptors (Lipinski definition) is 4. The molecule has 0 aliphatic heterocycles. The van der Waals surface area contributed by atoms with Gasteiger partial charge in [0.2, 0.25) is 0 Å². The van der Waals surface area contributed by atoms with Gasteiger partial charge in [-0.15, -0.1) is 11.3 Å². The van der Waals surface area contributed by atoms with Gasteiger partial charge in [0, 0.05) is 22.4 Å². The van der Waals surface area contributed by atoms with E-state index < -0.39 is 0 Å². The zero-order chi connectivity index (χ0) is 18.8. The first kappa shape index (κ1) is 17.3. The van der Waals surface area contributed by atoms with Crippen molar-refractivity contribution in [2.75, 3.05) is 0 Å². The van der Waals surface area contributed by atoms with E-state index in [1.807, 2.05) is 35.7 Å². The number of hydrogen-bond donors (Lipinski definition) is 1. The zero-order valence-corrected chi connectivity index (χ0v) is 15.4. The molecule has 0 saturated heterocycles. The van der Waals surface area contributed by atoms with Crippen molar-refractivity contribution in [2.24, 2.45) is 0 Å². The highest BCUT2D eigenvalue weighted by Gasteiger charge is 2.13. The molecular weight excluding hydrogens is 361 g/mol. The third kappa shape index (κ3) is 3.71. The molecule has 4 rings (SSSR count). The number of nitrogens with zero attached hydrogens (tertiary/aromatic N) is 2. The fraction of sp³-hybridized carbons (Fsp3) is 0.0952. The average Bonchev–Trinajstić information content (AvgIpc) is 3.15. The number of fused-ring (bicyclic) bond motifs is 1. The fourth-order valence-electron chi connectivity index (χ4n) is 2.83. The van der Waals surface area contributed by atoms with Crippen molar-refractivity contribution in [1.82, 2.24) is 15.3 Å². The van der Waals surface area contributed by atoms with Gasteiger partial charge in [-0.1, -0.05) is 30.3 Å². The summed E-state index contributed by atoms with van der Waals surface area (Å²) in [6, 6.07) is 16.0. The summed E-state index contributed by atoms with van der Waals surface area (Å²) in [7, 11) is 0. The minimum atomic E-state index is -0.343. The zero-order valence-electron chi connectivity index (χ0n) is 14.6. The number of carbonyl (C=O) groups excluding carboxylic acids is 1. The first-order valence-corrected chi connectivity index (χ1v) is 9.33. The molecule has 2 aromatic heterocycles. The van der Waals surface area contributed by atoms with Crippen LogP contribution in [0.4, 0.5) is 4.39 Å². The molecule has 0 saturated carbocycles. The van der Waals surface area contributed by atoms with Crippen LogP contribution in [0.15, 0.2) is 60.0 Å². The number of aryl methyl sites for hydroxylation is 1. The van der Waals surface area contributed by atoms with E-state index >= 15 is 0 Å². The smallest absolute Gasteiger partial charge is 0.253 e. The number of thiazole rings is 1. The molecular formula is C21H16FN3OS. The second kappa shape index (κ2) is 7.25. The van der Waals surface area contributed by atoms with E-state index in [4.69, 9.17) is 0 Å². The third-order valence-electron chi connectivity index (χ3n) is 4.22. The van der Waals surface area contributed by atoms with Crippen molar-refractivity contribution in [2.45, 2.75) is 13.5 Å². The van der Waals surface area contributed by atoms with E-state index in [2.05, 4.69) is 15.3 Å². The van der Waals surface area contributed by atoms with Crippen LogP contribution in [0, 0.1) is 12.7 Å². The van der Waals surface area contributed by atoms with Crippen molar-refractivity contribution in [1.29, 1.82) is 0 Å². The topological polar surface area (TPSA) is 54.9 Å². The maximum Gasteiger partial charge on any atom is 0.253 e. The molecule has 1 amide bonds. The lowest BCUT2D eigenvalue weighted by Gasteiger charge is -2.08. The fourth-order valence-corrected chi connectivity index (χ4v) is 3.66. The molecule has 1 N–H and O–H groups in total. The molecule has 4 nitrogen and oxygen atoms in total. The number of amides is 1. The molecule has 0 aliphatic carbocycles. The third-order valence-corrected chi connectivity index (χ3v) is 5.16. The van der Waals surface area contributed by atoms with Gasteiger partial charge in [0.05, 0.1) is 29.0 Å². The SMILES string of the molecule is Cc1nc2cc(F)ccc2cc1C(=O)NCc1csc(-c2ccccc2)n1. The summed E-state index contributed by atoms with van der Waals surface area (Å²) >= 11 is 1.55. The lowest BCUT2D eigenvalue weighted by Crippen LogP contribution is -2.24. The van der Waals surface area contributed by atoms with Crippen LogP contribution in [-0.2, 0) is 6.54 Å². The van der Waals surface area contributed by atoms with Crippen LogP contribution >= 0.6 is 11.3 Å². The van der Waals surface area contributed by atoms with Gasteiger partial charge in [0.1, 0.15) is 10.8 Å². The molecule has 0 fully saturated rings. The van der Waals surface area contributed by atoms with Crippen LogP contribution < -0.4 is 5.32 Å². The van der Waals surface area contributed by atoms with Crippen LogP contribution in [0.5, 0.6) is 0 Å². The lowest BCUT2D eigenvalue weighted by molar-refractivity contribution is 0.0949. The predicted octanol–water partition coefficient (Wildman–Crippen LogP) is 4.74. The van der Waals surface area contributed by atoms with Crippen molar-refractivity contribution >= 4 is 28.1 Å². The van der Waals surface area contributed by atoms with E-state index in [-0.39, 0.29) is 11.7 Å². The number of halogens is 1. The maximum atomic E-state index is 13.3. The summed E-state index contributed by atoms with van der Waals surface area (Å²) in [5.74, 6) is -0.565. The van der Waals surface area contributed by atoms with Crippen LogP contribution in [0.3, 0.4) is 0 Å². The van der Waals surface area contributed by atoms with E-state index in [0.29, 0.717) is 23.3 Å². The minimum Gasteiger partial charge on any atom is -0.346 e. The Hall–Kier alpha value is -3.12. The van der Waals surface area contributed by atoms with E-state index in [9.17, 15) is 9.18 Å². The first-order valence-electron chi connectivity index (χ1n) is 8.45. The second-order valence-electron chi connectivity index (χ2n) is 6.15. The van der Waals surface area contributed by atoms with Gasteiger partial charge >= 0.3 is 0 Å². The number of carbonyl (C=O) groups is 1. The largest absolute Gasteiger partial charge is 0.346 e. The van der Waals surface area contributed by atoms with Crippen molar-refractivity contribution in [3.63, 3.8) is 0 Å². The molecule has 0 unspecified atom stereocenters. The summed E-state index contributed by atoms with van der Waals surface area (Å²) in [5, 5.41) is 6.48. The second-order valence-corrected chi connectivity index (χ2v) is 7.01. The summed E-state index contributed by atoms with van der Waals surface area (Å²) in [6.45, 7) is 2.08. The molecule has 27 heavy (non-hydrogen) atoms. The van der Waals surface area contributed by atoms with Gasteiger partial charge in [0.25, 0.3) is 5.91 Å². The van der Waals surface area contributed by atoms with Gasteiger partial charge in [0.15, 0.2) is 0 Å². The molecule has 0 spiro atoms. The molecule has 6 heteroatoms. The van der Waals surface area contributed by atoms with Crippen molar-refractivity contribution < 1.29 is 9.18 Å². The van der Waals surface area contributed by atoms with Crippen LogP contribution in [-0.4, -0.2) is 15.9 Å². The number of aromatic nitrogens is 2. The Morgan fingerprint density at radius 1 is 1.11 bits per heavy atom. The van der Waals surface area contributed by atoms with Crippen LogP contribution in [0.2, 0.25) is 0 Å². The Morgan fingerprint density at radius 3 is 2.74 bits per heavy atom. The summed E-state index contributed by atoms with van der Waals surface area (Å²) in [6.07, 6.45) is 0. The highest BCUT2D eigenvalue weighted by atomic mass is 32.1. The van der Waals surface area contributed by atoms with E-state index in [0.717, 1.165) is 21.7 Å². The average molecular weight is 377 g/mol. The molecule has 134 valence electrons. The summed E-state index contributed by atoms with van der Waals surface area (Å²) in [5.41, 5.74) is 3.44. The Balaban J connectivity index is 1.50. The number of nitrogens with one attached hydrogen (secondary N) is 1.